The first kappa shape index (κ1) is 17.2. The van der Waals surface area contributed by atoms with Gasteiger partial charge in [0, 0.05) is 12.3 Å². The molecule has 0 aliphatic rings. The molecule has 4 heteroatoms. The highest BCUT2D eigenvalue weighted by atomic mass is 32.2. The molecule has 0 spiro atoms. The van der Waals surface area contributed by atoms with Gasteiger partial charge in [0.25, 0.3) is 0 Å². The molecular formula is C16H27NO2S. The summed E-state index contributed by atoms with van der Waals surface area (Å²) in [6.45, 7) is 7.26. The van der Waals surface area contributed by atoms with Crippen molar-refractivity contribution in [3.8, 4) is 0 Å². The molecule has 3 nitrogen and oxygen atoms in total. The number of hydrogen-bond acceptors (Lipinski definition) is 3. The lowest BCUT2D eigenvalue weighted by Crippen LogP contribution is -2.33. The number of sulfone groups is 1. The maximum Gasteiger partial charge on any atom is 0.147 e. The lowest BCUT2D eigenvalue weighted by Gasteiger charge is -2.19. The molecule has 0 aromatic heterocycles. The normalized spacial score (nSPS) is 13.4. The summed E-state index contributed by atoms with van der Waals surface area (Å²) in [5.41, 5.74) is 3.84. The standard InChI is InChI=1S/C16H27NO2S/c1-5-9-17-16(8-10-20(4,18)19)12-15-11-13(2)6-7-14(15)3/h6-7,11,16-17H,5,8-10,12H2,1-4H3. The fraction of sp³-hybridized carbons (Fsp3) is 0.625. The van der Waals surface area contributed by atoms with E-state index in [2.05, 4.69) is 44.3 Å². The first-order valence-corrected chi connectivity index (χ1v) is 9.35. The van der Waals surface area contributed by atoms with Crippen molar-refractivity contribution in [2.45, 2.75) is 46.1 Å². The van der Waals surface area contributed by atoms with Crippen molar-refractivity contribution in [1.82, 2.24) is 5.32 Å². The molecule has 0 bridgehead atoms. The third-order valence-electron chi connectivity index (χ3n) is 3.49. The second-order valence-electron chi connectivity index (χ2n) is 5.70. The zero-order valence-corrected chi connectivity index (χ0v) is 13.9. The van der Waals surface area contributed by atoms with Crippen molar-refractivity contribution in [3.05, 3.63) is 34.9 Å². The predicted molar refractivity (Wildman–Crippen MR) is 86.0 cm³/mol. The molecule has 1 atom stereocenters. The summed E-state index contributed by atoms with van der Waals surface area (Å²) in [5, 5.41) is 3.47. The van der Waals surface area contributed by atoms with Crippen LogP contribution in [0.3, 0.4) is 0 Å². The van der Waals surface area contributed by atoms with Crippen molar-refractivity contribution in [1.29, 1.82) is 0 Å². The Morgan fingerprint density at radius 3 is 2.55 bits per heavy atom. The van der Waals surface area contributed by atoms with Crippen molar-refractivity contribution in [2.24, 2.45) is 0 Å². The molecule has 1 aromatic carbocycles. The molecule has 1 unspecified atom stereocenters. The average Bonchev–Trinajstić information content (AvgIpc) is 2.36. The quantitative estimate of drug-likeness (QED) is 0.802. The van der Waals surface area contributed by atoms with Crippen molar-refractivity contribution in [2.75, 3.05) is 18.6 Å². The van der Waals surface area contributed by atoms with Gasteiger partial charge in [-0.2, -0.15) is 0 Å². The van der Waals surface area contributed by atoms with Crippen LogP contribution in [0, 0.1) is 13.8 Å². The van der Waals surface area contributed by atoms with Gasteiger partial charge in [-0.25, -0.2) is 8.42 Å². The van der Waals surface area contributed by atoms with Crippen LogP contribution in [0.4, 0.5) is 0 Å². The Morgan fingerprint density at radius 1 is 1.25 bits per heavy atom. The molecule has 0 saturated carbocycles. The summed E-state index contributed by atoms with van der Waals surface area (Å²) in [4.78, 5) is 0. The Bertz CT molecular complexity index is 523. The van der Waals surface area contributed by atoms with Crippen LogP contribution in [0.5, 0.6) is 0 Å². The molecule has 20 heavy (non-hydrogen) atoms. The second-order valence-corrected chi connectivity index (χ2v) is 7.96. The lowest BCUT2D eigenvalue weighted by atomic mass is 9.97. The minimum absolute atomic E-state index is 0.227. The number of rotatable bonds is 8. The van der Waals surface area contributed by atoms with Gasteiger partial charge in [-0.15, -0.1) is 0 Å². The Kier molecular flexibility index (Phi) is 6.69. The number of aryl methyl sites for hydroxylation is 2. The Morgan fingerprint density at radius 2 is 1.95 bits per heavy atom. The maximum absolute atomic E-state index is 11.4. The van der Waals surface area contributed by atoms with Crippen LogP contribution in [-0.4, -0.2) is 33.0 Å². The third kappa shape index (κ3) is 6.53. The Labute approximate surface area is 123 Å². The third-order valence-corrected chi connectivity index (χ3v) is 4.47. The summed E-state index contributed by atoms with van der Waals surface area (Å²) in [7, 11) is -2.89. The summed E-state index contributed by atoms with van der Waals surface area (Å²) < 4.78 is 22.7. The van der Waals surface area contributed by atoms with E-state index in [1.807, 2.05) is 0 Å². The largest absolute Gasteiger partial charge is 0.314 e. The van der Waals surface area contributed by atoms with Crippen molar-refractivity contribution < 1.29 is 8.42 Å². The molecule has 0 saturated heterocycles. The zero-order valence-electron chi connectivity index (χ0n) is 13.1. The predicted octanol–water partition coefficient (Wildman–Crippen LogP) is 2.65. The van der Waals surface area contributed by atoms with Gasteiger partial charge in [-0.1, -0.05) is 30.7 Å². The molecule has 0 radical (unpaired) electrons. The molecule has 0 aliphatic carbocycles. The molecule has 0 aliphatic heterocycles. The van der Waals surface area contributed by atoms with Gasteiger partial charge in [0.2, 0.25) is 0 Å². The first-order valence-electron chi connectivity index (χ1n) is 7.29. The van der Waals surface area contributed by atoms with Gasteiger partial charge >= 0.3 is 0 Å². The summed E-state index contributed by atoms with van der Waals surface area (Å²) in [6.07, 6.45) is 3.93. The van der Waals surface area contributed by atoms with E-state index in [1.54, 1.807) is 0 Å². The molecule has 1 aromatic rings. The van der Waals surface area contributed by atoms with Gasteiger partial charge in [-0.05, 0) is 50.8 Å². The van der Waals surface area contributed by atoms with Crippen LogP contribution in [0.2, 0.25) is 0 Å². The molecule has 0 heterocycles. The van der Waals surface area contributed by atoms with Crippen molar-refractivity contribution >= 4 is 9.84 Å². The van der Waals surface area contributed by atoms with E-state index in [0.717, 1.165) is 19.4 Å². The van der Waals surface area contributed by atoms with E-state index in [4.69, 9.17) is 0 Å². The molecular weight excluding hydrogens is 270 g/mol. The van der Waals surface area contributed by atoms with Gasteiger partial charge in [0.1, 0.15) is 9.84 Å². The molecule has 0 amide bonds. The Balaban J connectivity index is 2.75. The van der Waals surface area contributed by atoms with E-state index in [0.29, 0.717) is 6.42 Å². The molecule has 1 N–H and O–H groups in total. The summed E-state index contributed by atoms with van der Waals surface area (Å²) in [6, 6.07) is 6.68. The summed E-state index contributed by atoms with van der Waals surface area (Å²) >= 11 is 0. The van der Waals surface area contributed by atoms with E-state index >= 15 is 0 Å². The number of hydrogen-bond donors (Lipinski definition) is 1. The minimum Gasteiger partial charge on any atom is -0.314 e. The minimum atomic E-state index is -2.89. The summed E-state index contributed by atoms with van der Waals surface area (Å²) in [5.74, 6) is 0.249. The average molecular weight is 297 g/mol. The second kappa shape index (κ2) is 7.79. The molecule has 1 rings (SSSR count). The first-order chi connectivity index (χ1) is 9.31. The lowest BCUT2D eigenvalue weighted by molar-refractivity contribution is 0.491. The van der Waals surface area contributed by atoms with E-state index < -0.39 is 9.84 Å². The fourth-order valence-electron chi connectivity index (χ4n) is 2.27. The van der Waals surface area contributed by atoms with E-state index in [-0.39, 0.29) is 11.8 Å². The SMILES string of the molecule is CCCNC(CCS(C)(=O)=O)Cc1cc(C)ccc1C. The van der Waals surface area contributed by atoms with Crippen LogP contribution < -0.4 is 5.32 Å². The van der Waals surface area contributed by atoms with Crippen LogP contribution in [-0.2, 0) is 16.3 Å². The van der Waals surface area contributed by atoms with Crippen LogP contribution in [0.25, 0.3) is 0 Å². The van der Waals surface area contributed by atoms with E-state index in [1.165, 1.54) is 22.9 Å². The monoisotopic (exact) mass is 297 g/mol. The Hall–Kier alpha value is -0.870. The van der Waals surface area contributed by atoms with Gasteiger partial charge in [0.05, 0.1) is 5.75 Å². The fourth-order valence-corrected chi connectivity index (χ4v) is 2.98. The molecule has 114 valence electrons. The van der Waals surface area contributed by atoms with Crippen LogP contribution in [0.15, 0.2) is 18.2 Å². The number of benzene rings is 1. The van der Waals surface area contributed by atoms with Crippen LogP contribution >= 0.6 is 0 Å². The highest BCUT2D eigenvalue weighted by Crippen LogP contribution is 2.14. The van der Waals surface area contributed by atoms with E-state index in [9.17, 15) is 8.42 Å². The zero-order chi connectivity index (χ0) is 15.2. The maximum atomic E-state index is 11.4. The van der Waals surface area contributed by atoms with Crippen molar-refractivity contribution in [3.63, 3.8) is 0 Å². The number of nitrogens with one attached hydrogen (secondary N) is 1. The highest BCUT2D eigenvalue weighted by molar-refractivity contribution is 7.90. The smallest absolute Gasteiger partial charge is 0.147 e. The topological polar surface area (TPSA) is 46.2 Å². The van der Waals surface area contributed by atoms with Gasteiger partial charge in [0.15, 0.2) is 0 Å². The van der Waals surface area contributed by atoms with Crippen LogP contribution in [0.1, 0.15) is 36.5 Å². The molecule has 0 fully saturated rings. The van der Waals surface area contributed by atoms with Gasteiger partial charge in [-0.3, -0.25) is 0 Å². The highest BCUT2D eigenvalue weighted by Gasteiger charge is 2.13. The van der Waals surface area contributed by atoms with Gasteiger partial charge < -0.3 is 5.32 Å².